The average Bonchev–Trinajstić information content (AvgIpc) is 2.97. The Morgan fingerprint density at radius 1 is 1.12 bits per heavy atom. The fraction of sp³-hybridized carbons (Fsp3) is 0.278. The number of carbonyl (C=O) groups excluding carboxylic acids is 1. The second-order valence-corrected chi connectivity index (χ2v) is 5.79. The molecule has 0 bridgehead atoms. The summed E-state index contributed by atoms with van der Waals surface area (Å²) in [6, 6.07) is 10.6. The Balaban J connectivity index is 1.62. The minimum absolute atomic E-state index is 0.00232. The summed E-state index contributed by atoms with van der Waals surface area (Å²) in [5.74, 6) is -1.27. The molecule has 0 spiro atoms. The lowest BCUT2D eigenvalue weighted by atomic mass is 10.1. The standard InChI is InChI=1S/C18H17F2NO3/c19-16-6-1-12(7-17(16)20)11-24-15-4-2-14(3-5-15)21-9-13(10-22)8-18(21)23/h1-7,13,22H,8-11H2/t13-/m0/s1. The van der Waals surface area contributed by atoms with E-state index in [0.717, 1.165) is 17.8 Å². The smallest absolute Gasteiger partial charge is 0.227 e. The first-order valence-corrected chi connectivity index (χ1v) is 7.65. The van der Waals surface area contributed by atoms with Crippen LogP contribution in [-0.4, -0.2) is 24.2 Å². The van der Waals surface area contributed by atoms with Crippen molar-refractivity contribution in [2.24, 2.45) is 5.92 Å². The van der Waals surface area contributed by atoms with Crippen molar-refractivity contribution < 1.29 is 23.4 Å². The molecular weight excluding hydrogens is 316 g/mol. The van der Waals surface area contributed by atoms with E-state index in [-0.39, 0.29) is 25.0 Å². The third kappa shape index (κ3) is 3.54. The highest BCUT2D eigenvalue weighted by Crippen LogP contribution is 2.26. The van der Waals surface area contributed by atoms with Gasteiger partial charge in [0.1, 0.15) is 12.4 Å². The molecule has 1 amide bonds. The molecule has 0 radical (unpaired) electrons. The molecule has 0 saturated carbocycles. The van der Waals surface area contributed by atoms with E-state index >= 15 is 0 Å². The van der Waals surface area contributed by atoms with E-state index in [1.54, 1.807) is 29.2 Å². The van der Waals surface area contributed by atoms with Crippen LogP contribution < -0.4 is 9.64 Å². The van der Waals surface area contributed by atoms with Crippen LogP contribution in [0.25, 0.3) is 0 Å². The van der Waals surface area contributed by atoms with Crippen molar-refractivity contribution in [1.82, 2.24) is 0 Å². The number of ether oxygens (including phenoxy) is 1. The molecule has 1 saturated heterocycles. The number of carbonyl (C=O) groups is 1. The number of aliphatic hydroxyl groups excluding tert-OH is 1. The quantitative estimate of drug-likeness (QED) is 0.915. The third-order valence-electron chi connectivity index (χ3n) is 4.00. The van der Waals surface area contributed by atoms with Crippen LogP contribution >= 0.6 is 0 Å². The molecule has 4 nitrogen and oxygen atoms in total. The topological polar surface area (TPSA) is 49.8 Å². The van der Waals surface area contributed by atoms with Crippen molar-refractivity contribution in [3.63, 3.8) is 0 Å². The van der Waals surface area contributed by atoms with Crippen LogP contribution in [0.15, 0.2) is 42.5 Å². The SMILES string of the molecule is O=C1C[C@H](CO)CN1c1ccc(OCc2ccc(F)c(F)c2)cc1. The zero-order chi connectivity index (χ0) is 17.1. The second-order valence-electron chi connectivity index (χ2n) is 5.79. The Labute approximate surface area is 138 Å². The van der Waals surface area contributed by atoms with Crippen LogP contribution in [0.4, 0.5) is 14.5 Å². The number of hydrogen-bond acceptors (Lipinski definition) is 3. The molecule has 1 atom stereocenters. The van der Waals surface area contributed by atoms with Crippen molar-refractivity contribution >= 4 is 11.6 Å². The second kappa shape index (κ2) is 6.97. The van der Waals surface area contributed by atoms with E-state index in [1.165, 1.54) is 6.07 Å². The van der Waals surface area contributed by atoms with Crippen LogP contribution in [0, 0.1) is 17.6 Å². The summed E-state index contributed by atoms with van der Waals surface area (Å²) in [5, 5.41) is 9.16. The van der Waals surface area contributed by atoms with Crippen LogP contribution in [0.1, 0.15) is 12.0 Å². The molecule has 1 aliphatic rings. The van der Waals surface area contributed by atoms with E-state index in [4.69, 9.17) is 9.84 Å². The monoisotopic (exact) mass is 333 g/mol. The molecule has 1 fully saturated rings. The molecule has 0 unspecified atom stereocenters. The highest BCUT2D eigenvalue weighted by molar-refractivity contribution is 5.95. The van der Waals surface area contributed by atoms with Gasteiger partial charge in [0.05, 0.1) is 0 Å². The zero-order valence-corrected chi connectivity index (χ0v) is 12.9. The minimum atomic E-state index is -0.905. The van der Waals surface area contributed by atoms with Crippen molar-refractivity contribution in [2.75, 3.05) is 18.1 Å². The predicted octanol–water partition coefficient (Wildman–Crippen LogP) is 2.89. The molecular formula is C18H17F2NO3. The van der Waals surface area contributed by atoms with Gasteiger partial charge in [-0.15, -0.1) is 0 Å². The van der Waals surface area contributed by atoms with Gasteiger partial charge in [0, 0.05) is 31.2 Å². The first-order valence-electron chi connectivity index (χ1n) is 7.65. The first kappa shape index (κ1) is 16.4. The summed E-state index contributed by atoms with van der Waals surface area (Å²) < 4.78 is 31.6. The Morgan fingerprint density at radius 3 is 2.50 bits per heavy atom. The molecule has 24 heavy (non-hydrogen) atoms. The minimum Gasteiger partial charge on any atom is -0.489 e. The molecule has 0 aromatic heterocycles. The Hall–Kier alpha value is -2.47. The number of amides is 1. The van der Waals surface area contributed by atoms with Crippen LogP contribution in [0.2, 0.25) is 0 Å². The van der Waals surface area contributed by atoms with E-state index in [2.05, 4.69) is 0 Å². The number of nitrogens with zero attached hydrogens (tertiary/aromatic N) is 1. The maximum atomic E-state index is 13.1. The van der Waals surface area contributed by atoms with E-state index in [1.807, 2.05) is 0 Å². The lowest BCUT2D eigenvalue weighted by molar-refractivity contribution is -0.117. The van der Waals surface area contributed by atoms with Gasteiger partial charge in [-0.2, -0.15) is 0 Å². The Bertz CT molecular complexity index is 734. The van der Waals surface area contributed by atoms with Crippen molar-refractivity contribution in [3.8, 4) is 5.75 Å². The highest BCUT2D eigenvalue weighted by atomic mass is 19.2. The lowest BCUT2D eigenvalue weighted by Gasteiger charge is -2.17. The summed E-state index contributed by atoms with van der Waals surface area (Å²) in [5.41, 5.74) is 1.27. The fourth-order valence-corrected chi connectivity index (χ4v) is 2.67. The predicted molar refractivity (Wildman–Crippen MR) is 84.7 cm³/mol. The molecule has 126 valence electrons. The molecule has 2 aromatic carbocycles. The lowest BCUT2D eigenvalue weighted by Crippen LogP contribution is -2.24. The molecule has 3 rings (SSSR count). The Kier molecular flexibility index (Phi) is 4.76. The molecule has 1 aliphatic heterocycles. The summed E-state index contributed by atoms with van der Waals surface area (Å²) >= 11 is 0. The molecule has 2 aromatic rings. The van der Waals surface area contributed by atoms with Crippen LogP contribution in [0.5, 0.6) is 5.75 Å². The molecule has 1 N–H and O–H groups in total. The summed E-state index contributed by atoms with van der Waals surface area (Å²) in [4.78, 5) is 13.6. The zero-order valence-electron chi connectivity index (χ0n) is 12.9. The van der Waals surface area contributed by atoms with Gasteiger partial charge < -0.3 is 14.7 Å². The van der Waals surface area contributed by atoms with Gasteiger partial charge in [0.2, 0.25) is 5.91 Å². The van der Waals surface area contributed by atoms with Crippen molar-refractivity contribution in [3.05, 3.63) is 59.7 Å². The van der Waals surface area contributed by atoms with Gasteiger partial charge in [0.15, 0.2) is 11.6 Å². The fourth-order valence-electron chi connectivity index (χ4n) is 2.67. The van der Waals surface area contributed by atoms with Crippen molar-refractivity contribution in [1.29, 1.82) is 0 Å². The van der Waals surface area contributed by atoms with Gasteiger partial charge in [-0.3, -0.25) is 4.79 Å². The molecule has 0 aliphatic carbocycles. The van der Waals surface area contributed by atoms with Gasteiger partial charge in [-0.1, -0.05) is 6.07 Å². The van der Waals surface area contributed by atoms with E-state index in [9.17, 15) is 13.6 Å². The third-order valence-corrected chi connectivity index (χ3v) is 4.00. The van der Waals surface area contributed by atoms with Crippen LogP contribution in [0.3, 0.4) is 0 Å². The van der Waals surface area contributed by atoms with Gasteiger partial charge >= 0.3 is 0 Å². The number of halogens is 2. The van der Waals surface area contributed by atoms with E-state index < -0.39 is 11.6 Å². The molecule has 1 heterocycles. The van der Waals surface area contributed by atoms with Crippen molar-refractivity contribution in [2.45, 2.75) is 13.0 Å². The normalized spacial score (nSPS) is 17.4. The van der Waals surface area contributed by atoms with Gasteiger partial charge in [-0.05, 0) is 42.0 Å². The summed E-state index contributed by atoms with van der Waals surface area (Å²) in [6.07, 6.45) is 0.352. The first-order chi connectivity index (χ1) is 11.6. The van der Waals surface area contributed by atoms with Gasteiger partial charge in [-0.25, -0.2) is 8.78 Å². The summed E-state index contributed by atoms with van der Waals surface area (Å²) in [6.45, 7) is 0.619. The number of aliphatic hydroxyl groups is 1. The number of rotatable bonds is 5. The summed E-state index contributed by atoms with van der Waals surface area (Å²) in [7, 11) is 0. The maximum Gasteiger partial charge on any atom is 0.227 e. The number of benzene rings is 2. The van der Waals surface area contributed by atoms with Crippen LogP contribution in [-0.2, 0) is 11.4 Å². The number of hydrogen-bond donors (Lipinski definition) is 1. The Morgan fingerprint density at radius 2 is 1.88 bits per heavy atom. The average molecular weight is 333 g/mol. The number of anilines is 1. The van der Waals surface area contributed by atoms with Gasteiger partial charge in [0.25, 0.3) is 0 Å². The largest absolute Gasteiger partial charge is 0.489 e. The molecule has 6 heteroatoms. The highest BCUT2D eigenvalue weighted by Gasteiger charge is 2.29. The maximum absolute atomic E-state index is 13.1. The van der Waals surface area contributed by atoms with E-state index in [0.29, 0.717) is 24.3 Å².